The molecule has 0 amide bonds. The molecule has 0 atom stereocenters. The molecular formula is C13H12Br2N2O2S. The van der Waals surface area contributed by atoms with Gasteiger partial charge in [-0.25, -0.2) is 8.42 Å². The molecule has 2 aromatic rings. The van der Waals surface area contributed by atoms with Crippen LogP contribution in [0.4, 0.5) is 11.4 Å². The minimum atomic E-state index is -3.51. The standard InChI is InChI=1S/C13H12Br2N2O2S/c14-11-5-2-6-12(15)13(11)17-20(18,19)8-9-3-1-4-10(16)7-9/h1-7,17H,8,16H2. The maximum atomic E-state index is 12.2. The Kier molecular flexibility index (Phi) is 4.72. The summed E-state index contributed by atoms with van der Waals surface area (Å²) in [4.78, 5) is 0. The first-order valence-corrected chi connectivity index (χ1v) is 8.90. The van der Waals surface area contributed by atoms with Crippen LogP contribution >= 0.6 is 31.9 Å². The number of halogens is 2. The second-order valence-corrected chi connectivity index (χ2v) is 7.63. The fourth-order valence-corrected chi connectivity index (χ4v) is 4.37. The van der Waals surface area contributed by atoms with E-state index in [2.05, 4.69) is 36.6 Å². The van der Waals surface area contributed by atoms with E-state index in [1.54, 1.807) is 36.4 Å². The van der Waals surface area contributed by atoms with Gasteiger partial charge in [0, 0.05) is 14.6 Å². The van der Waals surface area contributed by atoms with Crippen LogP contribution in [0, 0.1) is 0 Å². The molecule has 0 aliphatic heterocycles. The van der Waals surface area contributed by atoms with Crippen LogP contribution in [0.2, 0.25) is 0 Å². The van der Waals surface area contributed by atoms with Gasteiger partial charge in [0.05, 0.1) is 11.4 Å². The lowest BCUT2D eigenvalue weighted by Crippen LogP contribution is -2.15. The van der Waals surface area contributed by atoms with Gasteiger partial charge in [-0.3, -0.25) is 4.72 Å². The summed E-state index contributed by atoms with van der Waals surface area (Å²) in [6, 6.07) is 12.2. The number of anilines is 2. The highest BCUT2D eigenvalue weighted by Gasteiger charge is 2.15. The molecule has 0 spiro atoms. The van der Waals surface area contributed by atoms with Crippen molar-refractivity contribution < 1.29 is 8.42 Å². The predicted octanol–water partition coefficient (Wildman–Crippen LogP) is 3.74. The Morgan fingerprint density at radius 3 is 2.25 bits per heavy atom. The van der Waals surface area contributed by atoms with Crippen molar-refractivity contribution in [2.24, 2.45) is 0 Å². The highest BCUT2D eigenvalue weighted by Crippen LogP contribution is 2.31. The molecular weight excluding hydrogens is 408 g/mol. The van der Waals surface area contributed by atoms with Gasteiger partial charge in [0.15, 0.2) is 0 Å². The molecule has 0 aliphatic carbocycles. The van der Waals surface area contributed by atoms with E-state index in [9.17, 15) is 8.42 Å². The predicted molar refractivity (Wildman–Crippen MR) is 88.9 cm³/mol. The first-order chi connectivity index (χ1) is 9.37. The molecule has 0 unspecified atom stereocenters. The summed E-state index contributed by atoms with van der Waals surface area (Å²) in [7, 11) is -3.51. The third kappa shape index (κ3) is 3.97. The van der Waals surface area contributed by atoms with Gasteiger partial charge in [0.1, 0.15) is 0 Å². The van der Waals surface area contributed by atoms with Gasteiger partial charge in [0.25, 0.3) is 0 Å². The van der Waals surface area contributed by atoms with Gasteiger partial charge in [-0.1, -0.05) is 18.2 Å². The Bertz CT molecular complexity index is 713. The van der Waals surface area contributed by atoms with Gasteiger partial charge in [-0.2, -0.15) is 0 Å². The van der Waals surface area contributed by atoms with Crippen LogP contribution in [0.5, 0.6) is 0 Å². The smallest absolute Gasteiger partial charge is 0.236 e. The Morgan fingerprint density at radius 1 is 1.05 bits per heavy atom. The van der Waals surface area contributed by atoms with E-state index in [1.807, 2.05) is 6.07 Å². The number of nitrogen functional groups attached to an aromatic ring is 1. The van der Waals surface area contributed by atoms with Crippen molar-refractivity contribution >= 4 is 53.3 Å². The van der Waals surface area contributed by atoms with Crippen LogP contribution in [0.3, 0.4) is 0 Å². The number of nitrogens with two attached hydrogens (primary N) is 1. The Labute approximate surface area is 134 Å². The number of nitrogens with one attached hydrogen (secondary N) is 1. The van der Waals surface area contributed by atoms with Crippen molar-refractivity contribution in [1.29, 1.82) is 0 Å². The molecule has 0 saturated heterocycles. The molecule has 7 heteroatoms. The summed E-state index contributed by atoms with van der Waals surface area (Å²) in [5.41, 5.74) is 7.31. The average Bonchev–Trinajstić information content (AvgIpc) is 2.33. The quantitative estimate of drug-likeness (QED) is 0.741. The van der Waals surface area contributed by atoms with Gasteiger partial charge >= 0.3 is 0 Å². The van der Waals surface area contributed by atoms with E-state index in [0.29, 0.717) is 25.9 Å². The monoisotopic (exact) mass is 418 g/mol. The van der Waals surface area contributed by atoms with E-state index in [0.717, 1.165) is 0 Å². The van der Waals surface area contributed by atoms with E-state index in [1.165, 1.54) is 0 Å². The van der Waals surface area contributed by atoms with Crippen LogP contribution in [0.25, 0.3) is 0 Å². The second-order valence-electron chi connectivity index (χ2n) is 4.20. The lowest BCUT2D eigenvalue weighted by atomic mass is 10.2. The summed E-state index contributed by atoms with van der Waals surface area (Å²) in [6.07, 6.45) is 0. The van der Waals surface area contributed by atoms with Crippen LogP contribution in [0.1, 0.15) is 5.56 Å². The number of benzene rings is 2. The number of hydrogen-bond acceptors (Lipinski definition) is 3. The van der Waals surface area contributed by atoms with Crippen molar-refractivity contribution in [1.82, 2.24) is 0 Å². The van der Waals surface area contributed by atoms with Crippen LogP contribution in [0.15, 0.2) is 51.4 Å². The molecule has 0 bridgehead atoms. The first-order valence-electron chi connectivity index (χ1n) is 5.66. The van der Waals surface area contributed by atoms with Crippen molar-refractivity contribution in [3.8, 4) is 0 Å². The van der Waals surface area contributed by atoms with Gasteiger partial charge in [0.2, 0.25) is 10.0 Å². The zero-order valence-corrected chi connectivity index (χ0v) is 14.3. The largest absolute Gasteiger partial charge is 0.399 e. The maximum Gasteiger partial charge on any atom is 0.236 e. The lowest BCUT2D eigenvalue weighted by molar-refractivity contribution is 0.600. The highest BCUT2D eigenvalue weighted by atomic mass is 79.9. The molecule has 0 aromatic heterocycles. The third-order valence-corrected chi connectivity index (χ3v) is 5.08. The third-order valence-electron chi connectivity index (χ3n) is 2.53. The minimum absolute atomic E-state index is 0.133. The topological polar surface area (TPSA) is 72.2 Å². The molecule has 0 saturated carbocycles. The van der Waals surface area contributed by atoms with E-state index >= 15 is 0 Å². The first kappa shape index (κ1) is 15.3. The number of para-hydroxylation sites is 1. The zero-order valence-electron chi connectivity index (χ0n) is 10.3. The summed E-state index contributed by atoms with van der Waals surface area (Å²) < 4.78 is 28.3. The maximum absolute atomic E-state index is 12.2. The molecule has 20 heavy (non-hydrogen) atoms. The van der Waals surface area contributed by atoms with Crippen LogP contribution < -0.4 is 10.5 Å². The summed E-state index contributed by atoms with van der Waals surface area (Å²) in [5, 5.41) is 0. The average molecular weight is 420 g/mol. The van der Waals surface area contributed by atoms with Gasteiger partial charge in [-0.15, -0.1) is 0 Å². The zero-order chi connectivity index (χ0) is 14.8. The van der Waals surface area contributed by atoms with Gasteiger partial charge < -0.3 is 5.73 Å². The van der Waals surface area contributed by atoms with E-state index in [-0.39, 0.29) is 5.75 Å². The molecule has 4 nitrogen and oxygen atoms in total. The molecule has 106 valence electrons. The van der Waals surface area contributed by atoms with Crippen molar-refractivity contribution in [3.63, 3.8) is 0 Å². The normalized spacial score (nSPS) is 11.3. The van der Waals surface area contributed by atoms with Crippen molar-refractivity contribution in [3.05, 3.63) is 57.0 Å². The number of sulfonamides is 1. The SMILES string of the molecule is Nc1cccc(CS(=O)(=O)Nc2c(Br)cccc2Br)c1. The highest BCUT2D eigenvalue weighted by molar-refractivity contribution is 9.11. The molecule has 0 aliphatic rings. The van der Waals surface area contributed by atoms with Crippen LogP contribution in [-0.4, -0.2) is 8.42 Å². The van der Waals surface area contributed by atoms with E-state index in [4.69, 9.17) is 5.73 Å². The molecule has 0 heterocycles. The fraction of sp³-hybridized carbons (Fsp3) is 0.0769. The second kappa shape index (κ2) is 6.15. The van der Waals surface area contributed by atoms with Crippen molar-refractivity contribution in [2.45, 2.75) is 5.75 Å². The van der Waals surface area contributed by atoms with E-state index < -0.39 is 10.0 Å². The fourth-order valence-electron chi connectivity index (χ4n) is 1.69. The molecule has 3 N–H and O–H groups in total. The lowest BCUT2D eigenvalue weighted by Gasteiger charge is -2.11. The van der Waals surface area contributed by atoms with Crippen molar-refractivity contribution in [2.75, 3.05) is 10.5 Å². The minimum Gasteiger partial charge on any atom is -0.399 e. The van der Waals surface area contributed by atoms with Crippen LogP contribution in [-0.2, 0) is 15.8 Å². The van der Waals surface area contributed by atoms with Gasteiger partial charge in [-0.05, 0) is 61.7 Å². The molecule has 0 fully saturated rings. The number of rotatable bonds is 4. The number of hydrogen-bond donors (Lipinski definition) is 2. The Hall–Kier alpha value is -1.05. The molecule has 2 aromatic carbocycles. The summed E-state index contributed by atoms with van der Waals surface area (Å²) in [6.45, 7) is 0. The Balaban J connectivity index is 2.24. The molecule has 2 rings (SSSR count). The molecule has 0 radical (unpaired) electrons. The Morgan fingerprint density at radius 2 is 1.65 bits per heavy atom. The summed E-state index contributed by atoms with van der Waals surface area (Å²) in [5.74, 6) is -0.133. The summed E-state index contributed by atoms with van der Waals surface area (Å²) >= 11 is 6.64.